The lowest BCUT2D eigenvalue weighted by molar-refractivity contribution is -0.121. The van der Waals surface area contributed by atoms with Crippen molar-refractivity contribution in [1.82, 2.24) is 10.6 Å². The number of hydrogen-bond acceptors (Lipinski definition) is 3. The summed E-state index contributed by atoms with van der Waals surface area (Å²) in [5.41, 5.74) is 1.88. The molecule has 140 valence electrons. The van der Waals surface area contributed by atoms with E-state index in [4.69, 9.17) is 16.3 Å². The maximum atomic E-state index is 12.2. The fourth-order valence-electron chi connectivity index (χ4n) is 2.96. The Morgan fingerprint density at radius 2 is 2.08 bits per heavy atom. The van der Waals surface area contributed by atoms with Gasteiger partial charge < -0.3 is 15.4 Å². The van der Waals surface area contributed by atoms with Crippen molar-refractivity contribution in [1.29, 1.82) is 0 Å². The first kappa shape index (κ1) is 20.6. The van der Waals surface area contributed by atoms with Gasteiger partial charge in [-0.15, -0.1) is 12.4 Å². The molecule has 1 amide bonds. The van der Waals surface area contributed by atoms with Crippen LogP contribution in [0.3, 0.4) is 0 Å². The fraction of sp³-hybridized carbons (Fsp3) is 0.350. The molecule has 0 spiro atoms. The lowest BCUT2D eigenvalue weighted by Gasteiger charge is -2.23. The summed E-state index contributed by atoms with van der Waals surface area (Å²) in [5, 5.41) is 7.09. The van der Waals surface area contributed by atoms with Gasteiger partial charge in [0.05, 0.1) is 6.42 Å². The van der Waals surface area contributed by atoms with Gasteiger partial charge in [0, 0.05) is 23.2 Å². The van der Waals surface area contributed by atoms with Crippen LogP contribution in [0.4, 0.5) is 0 Å². The van der Waals surface area contributed by atoms with E-state index in [1.54, 1.807) is 0 Å². The molecule has 2 aromatic carbocycles. The summed E-state index contributed by atoms with van der Waals surface area (Å²) in [6.07, 6.45) is 2.51. The summed E-state index contributed by atoms with van der Waals surface area (Å²) >= 11 is 6.15. The zero-order valence-corrected chi connectivity index (χ0v) is 16.1. The Morgan fingerprint density at radius 3 is 2.85 bits per heavy atom. The van der Waals surface area contributed by atoms with E-state index in [0.717, 1.165) is 42.8 Å². The van der Waals surface area contributed by atoms with Gasteiger partial charge >= 0.3 is 0 Å². The van der Waals surface area contributed by atoms with Gasteiger partial charge in [0.15, 0.2) is 0 Å². The van der Waals surface area contributed by atoms with Crippen LogP contribution in [0, 0.1) is 0 Å². The van der Waals surface area contributed by atoms with Crippen LogP contribution in [-0.2, 0) is 17.8 Å². The number of piperidine rings is 1. The maximum absolute atomic E-state index is 12.2. The van der Waals surface area contributed by atoms with Crippen LogP contribution < -0.4 is 15.4 Å². The normalized spacial score (nSPS) is 16.4. The zero-order valence-electron chi connectivity index (χ0n) is 14.5. The number of halogens is 2. The summed E-state index contributed by atoms with van der Waals surface area (Å²) in [5.74, 6) is 0.793. The highest BCUT2D eigenvalue weighted by atomic mass is 35.5. The first-order valence-electron chi connectivity index (χ1n) is 8.66. The number of ether oxygens (including phenoxy) is 1. The average Bonchev–Trinajstić information content (AvgIpc) is 2.62. The predicted molar refractivity (Wildman–Crippen MR) is 107 cm³/mol. The third kappa shape index (κ3) is 6.20. The molecule has 1 aliphatic rings. The van der Waals surface area contributed by atoms with Crippen molar-refractivity contribution < 1.29 is 9.53 Å². The van der Waals surface area contributed by atoms with E-state index in [-0.39, 0.29) is 24.4 Å². The highest BCUT2D eigenvalue weighted by Gasteiger charge is 2.15. The van der Waals surface area contributed by atoms with E-state index in [9.17, 15) is 4.79 Å². The minimum absolute atomic E-state index is 0. The molecular formula is C20H24Cl2N2O2. The van der Waals surface area contributed by atoms with E-state index < -0.39 is 0 Å². The molecule has 0 saturated carbocycles. The van der Waals surface area contributed by atoms with Gasteiger partial charge in [0.2, 0.25) is 5.91 Å². The van der Waals surface area contributed by atoms with Gasteiger partial charge in [-0.05, 0) is 43.1 Å². The molecule has 0 radical (unpaired) electrons. The Labute approximate surface area is 165 Å². The second-order valence-electron chi connectivity index (χ2n) is 6.32. The summed E-state index contributed by atoms with van der Waals surface area (Å²) in [6, 6.07) is 15.5. The molecule has 1 aliphatic heterocycles. The molecule has 1 heterocycles. The largest absolute Gasteiger partial charge is 0.489 e. The van der Waals surface area contributed by atoms with Crippen LogP contribution in [-0.4, -0.2) is 25.0 Å². The lowest BCUT2D eigenvalue weighted by atomic mass is 10.1. The molecule has 26 heavy (non-hydrogen) atoms. The monoisotopic (exact) mass is 394 g/mol. The van der Waals surface area contributed by atoms with Crippen LogP contribution >= 0.6 is 24.0 Å². The molecular weight excluding hydrogens is 371 g/mol. The van der Waals surface area contributed by atoms with Crippen molar-refractivity contribution in [3.05, 3.63) is 64.7 Å². The summed E-state index contributed by atoms with van der Waals surface area (Å²) in [4.78, 5) is 12.2. The Kier molecular flexibility index (Phi) is 8.23. The van der Waals surface area contributed by atoms with E-state index in [0.29, 0.717) is 18.1 Å². The minimum atomic E-state index is 0. The van der Waals surface area contributed by atoms with Crippen molar-refractivity contribution in [2.45, 2.75) is 31.9 Å². The molecule has 2 N–H and O–H groups in total. The second-order valence-corrected chi connectivity index (χ2v) is 6.72. The Bertz CT molecular complexity index is 718. The minimum Gasteiger partial charge on any atom is -0.489 e. The Balaban J connectivity index is 0.00000243. The van der Waals surface area contributed by atoms with E-state index >= 15 is 0 Å². The van der Waals surface area contributed by atoms with Crippen molar-refractivity contribution >= 4 is 29.9 Å². The van der Waals surface area contributed by atoms with Crippen molar-refractivity contribution in [2.75, 3.05) is 13.1 Å². The van der Waals surface area contributed by atoms with Crippen LogP contribution in [0.25, 0.3) is 0 Å². The third-order valence-corrected chi connectivity index (χ3v) is 4.65. The summed E-state index contributed by atoms with van der Waals surface area (Å²) in [7, 11) is 0. The van der Waals surface area contributed by atoms with Crippen LogP contribution in [0.5, 0.6) is 5.75 Å². The number of rotatable bonds is 6. The van der Waals surface area contributed by atoms with Gasteiger partial charge in [-0.1, -0.05) is 41.9 Å². The fourth-order valence-corrected chi connectivity index (χ4v) is 3.15. The average molecular weight is 395 g/mol. The molecule has 0 bridgehead atoms. The predicted octanol–water partition coefficient (Wildman–Crippen LogP) is 3.75. The van der Waals surface area contributed by atoms with E-state index in [1.807, 2.05) is 48.5 Å². The number of hydrogen-bond donors (Lipinski definition) is 2. The number of amides is 1. The first-order valence-corrected chi connectivity index (χ1v) is 9.04. The van der Waals surface area contributed by atoms with Crippen molar-refractivity contribution in [3.63, 3.8) is 0 Å². The molecule has 1 fully saturated rings. The number of benzene rings is 2. The standard InChI is InChI=1S/C20H23ClN2O2.ClH/c21-19-9-2-1-6-16(19)14-25-18-8-3-5-15(11-18)12-20(24)23-17-7-4-10-22-13-17;/h1-3,5-6,8-9,11,17,22H,4,7,10,12-14H2,(H,23,24);1H. The molecule has 3 rings (SSSR count). The molecule has 2 aromatic rings. The van der Waals surface area contributed by atoms with E-state index in [2.05, 4.69) is 10.6 Å². The van der Waals surface area contributed by atoms with Crippen LogP contribution in [0.2, 0.25) is 5.02 Å². The van der Waals surface area contributed by atoms with E-state index in [1.165, 1.54) is 0 Å². The van der Waals surface area contributed by atoms with Gasteiger partial charge in [-0.2, -0.15) is 0 Å². The molecule has 0 aliphatic carbocycles. The molecule has 6 heteroatoms. The van der Waals surface area contributed by atoms with Crippen molar-refractivity contribution in [2.24, 2.45) is 0 Å². The highest BCUT2D eigenvalue weighted by Crippen LogP contribution is 2.19. The Hall–Kier alpha value is -1.75. The smallest absolute Gasteiger partial charge is 0.224 e. The zero-order chi connectivity index (χ0) is 17.5. The maximum Gasteiger partial charge on any atom is 0.224 e. The molecule has 1 unspecified atom stereocenters. The van der Waals surface area contributed by atoms with Gasteiger partial charge in [-0.25, -0.2) is 0 Å². The highest BCUT2D eigenvalue weighted by molar-refractivity contribution is 6.31. The Morgan fingerprint density at radius 1 is 1.23 bits per heavy atom. The van der Waals surface area contributed by atoms with Crippen LogP contribution in [0.1, 0.15) is 24.0 Å². The third-order valence-electron chi connectivity index (χ3n) is 4.28. The van der Waals surface area contributed by atoms with Crippen LogP contribution in [0.15, 0.2) is 48.5 Å². The van der Waals surface area contributed by atoms with Gasteiger partial charge in [0.1, 0.15) is 12.4 Å². The molecule has 1 atom stereocenters. The number of carbonyl (C=O) groups excluding carboxylic acids is 1. The summed E-state index contributed by atoms with van der Waals surface area (Å²) < 4.78 is 5.82. The van der Waals surface area contributed by atoms with Gasteiger partial charge in [-0.3, -0.25) is 4.79 Å². The SMILES string of the molecule is Cl.O=C(Cc1cccc(OCc2ccccc2Cl)c1)NC1CCCNC1. The first-order chi connectivity index (χ1) is 12.2. The van der Waals surface area contributed by atoms with Crippen molar-refractivity contribution in [3.8, 4) is 5.75 Å². The summed E-state index contributed by atoms with van der Waals surface area (Å²) in [6.45, 7) is 2.30. The topological polar surface area (TPSA) is 50.4 Å². The number of carbonyl (C=O) groups is 1. The molecule has 4 nitrogen and oxygen atoms in total. The van der Waals surface area contributed by atoms with Gasteiger partial charge in [0.25, 0.3) is 0 Å². The molecule has 1 saturated heterocycles. The quantitative estimate of drug-likeness (QED) is 0.783. The lowest BCUT2D eigenvalue weighted by Crippen LogP contribution is -2.46. The molecule has 0 aromatic heterocycles. The number of nitrogens with one attached hydrogen (secondary N) is 2. The second kappa shape index (κ2) is 10.4.